The Balaban J connectivity index is 1.38. The molecule has 2 fully saturated rings. The van der Waals surface area contributed by atoms with E-state index in [1.54, 1.807) is 12.3 Å². The summed E-state index contributed by atoms with van der Waals surface area (Å²) in [6, 6.07) is 10.4. The van der Waals surface area contributed by atoms with Crippen molar-refractivity contribution < 1.29 is 9.84 Å². The van der Waals surface area contributed by atoms with E-state index in [1.807, 2.05) is 31.2 Å². The number of aromatic hydroxyl groups is 1. The summed E-state index contributed by atoms with van der Waals surface area (Å²) < 4.78 is 6.06. The smallest absolute Gasteiger partial charge is 0.233 e. The van der Waals surface area contributed by atoms with Gasteiger partial charge in [0.1, 0.15) is 11.9 Å². The van der Waals surface area contributed by atoms with Gasteiger partial charge in [-0.25, -0.2) is 0 Å². The molecule has 0 radical (unpaired) electrons. The topological polar surface area (TPSA) is 80.2 Å². The van der Waals surface area contributed by atoms with E-state index in [-0.39, 0.29) is 11.9 Å². The molecule has 2 aliphatic heterocycles. The van der Waals surface area contributed by atoms with Crippen molar-refractivity contribution in [1.29, 1.82) is 0 Å². The number of phenols is 1. The minimum absolute atomic E-state index is 0.177. The summed E-state index contributed by atoms with van der Waals surface area (Å²) in [5.41, 5.74) is 2.17. The number of ether oxygens (including phenoxy) is 1. The lowest BCUT2D eigenvalue weighted by Crippen LogP contribution is -2.42. The molecule has 0 amide bonds. The minimum Gasteiger partial charge on any atom is -0.507 e. The Morgan fingerprint density at radius 3 is 2.63 bits per heavy atom. The van der Waals surface area contributed by atoms with E-state index in [2.05, 4.69) is 20.5 Å². The molecule has 2 bridgehead atoms. The molecule has 2 saturated heterocycles. The SMILES string of the molecule is Cc1nccc2cc(-c3ccc(OC4CC5CCC(C4)N5)nn3)c(O)cc12. The van der Waals surface area contributed by atoms with Crippen LogP contribution in [0.2, 0.25) is 0 Å². The third-order valence-electron chi connectivity index (χ3n) is 5.71. The van der Waals surface area contributed by atoms with Gasteiger partial charge < -0.3 is 15.2 Å². The average molecular weight is 362 g/mol. The van der Waals surface area contributed by atoms with E-state index >= 15 is 0 Å². The molecule has 2 N–H and O–H groups in total. The summed E-state index contributed by atoms with van der Waals surface area (Å²) in [6.07, 6.45) is 6.51. The number of aromatic nitrogens is 3. The van der Waals surface area contributed by atoms with Gasteiger partial charge in [0.15, 0.2) is 0 Å². The van der Waals surface area contributed by atoms with Gasteiger partial charge in [-0.05, 0) is 62.3 Å². The quantitative estimate of drug-likeness (QED) is 0.744. The number of piperidine rings is 1. The lowest BCUT2D eigenvalue weighted by molar-refractivity contribution is 0.130. The summed E-state index contributed by atoms with van der Waals surface area (Å²) in [5.74, 6) is 0.724. The van der Waals surface area contributed by atoms with Gasteiger partial charge in [-0.2, -0.15) is 0 Å². The van der Waals surface area contributed by atoms with Gasteiger partial charge in [0.25, 0.3) is 0 Å². The van der Waals surface area contributed by atoms with Crippen molar-refractivity contribution in [1.82, 2.24) is 20.5 Å². The molecular weight excluding hydrogens is 340 g/mol. The first-order valence-corrected chi connectivity index (χ1v) is 9.51. The molecule has 0 aliphatic carbocycles. The molecule has 2 unspecified atom stereocenters. The van der Waals surface area contributed by atoms with Gasteiger partial charge in [0.2, 0.25) is 5.88 Å². The number of phenolic OH excluding ortho intramolecular Hbond substituents is 1. The van der Waals surface area contributed by atoms with E-state index in [0.717, 1.165) is 29.3 Å². The van der Waals surface area contributed by atoms with Crippen LogP contribution in [-0.2, 0) is 0 Å². The Hall–Kier alpha value is -2.73. The van der Waals surface area contributed by atoms with Gasteiger partial charge in [0, 0.05) is 41.0 Å². The highest BCUT2D eigenvalue weighted by molar-refractivity contribution is 5.91. The predicted molar refractivity (Wildman–Crippen MR) is 103 cm³/mol. The standard InChI is InChI=1S/C21H22N4O2/c1-12-17-11-20(26)18(8-13(17)6-7-22-12)19-4-5-21(25-24-19)27-16-9-14-2-3-15(10-16)23-14/h4-8,11,14-16,23,26H,2-3,9-10H2,1H3. The number of benzene rings is 1. The highest BCUT2D eigenvalue weighted by Gasteiger charge is 2.34. The summed E-state index contributed by atoms with van der Waals surface area (Å²) in [7, 11) is 0. The maximum atomic E-state index is 10.4. The number of nitrogens with one attached hydrogen (secondary N) is 1. The fraction of sp³-hybridized carbons (Fsp3) is 0.381. The second-order valence-electron chi connectivity index (χ2n) is 7.59. The number of fused-ring (bicyclic) bond motifs is 3. The third kappa shape index (κ3) is 3.10. The molecular formula is C21H22N4O2. The molecule has 6 heteroatoms. The maximum absolute atomic E-state index is 10.4. The Morgan fingerprint density at radius 1 is 1.07 bits per heavy atom. The first-order chi connectivity index (χ1) is 13.2. The molecule has 27 heavy (non-hydrogen) atoms. The van der Waals surface area contributed by atoms with Crippen LogP contribution in [0.4, 0.5) is 0 Å². The molecule has 6 nitrogen and oxygen atoms in total. The zero-order chi connectivity index (χ0) is 18.4. The molecule has 2 atom stereocenters. The predicted octanol–water partition coefficient (Wildman–Crippen LogP) is 3.37. The number of aryl methyl sites for hydroxylation is 1. The highest BCUT2D eigenvalue weighted by atomic mass is 16.5. The van der Waals surface area contributed by atoms with Crippen molar-refractivity contribution >= 4 is 10.8 Å². The van der Waals surface area contributed by atoms with E-state index in [0.29, 0.717) is 29.2 Å². The zero-order valence-electron chi connectivity index (χ0n) is 15.2. The molecule has 138 valence electrons. The number of hydrogen-bond acceptors (Lipinski definition) is 6. The minimum atomic E-state index is 0.177. The van der Waals surface area contributed by atoms with Crippen LogP contribution < -0.4 is 10.1 Å². The highest BCUT2D eigenvalue weighted by Crippen LogP contribution is 2.34. The Kier molecular flexibility index (Phi) is 3.93. The molecule has 0 spiro atoms. The molecule has 5 rings (SSSR count). The fourth-order valence-electron chi connectivity index (χ4n) is 4.36. The lowest BCUT2D eigenvalue weighted by Gasteiger charge is -2.28. The van der Waals surface area contributed by atoms with Crippen LogP contribution in [0.5, 0.6) is 11.6 Å². The molecule has 2 aliphatic rings. The normalized spacial score (nSPS) is 24.3. The second-order valence-corrected chi connectivity index (χ2v) is 7.59. The van der Waals surface area contributed by atoms with Gasteiger partial charge in [0.05, 0.1) is 5.69 Å². The average Bonchev–Trinajstić information content (AvgIpc) is 3.01. The zero-order valence-corrected chi connectivity index (χ0v) is 15.2. The second kappa shape index (κ2) is 6.46. The Labute approximate surface area is 157 Å². The van der Waals surface area contributed by atoms with Crippen molar-refractivity contribution in [3.05, 3.63) is 42.2 Å². The van der Waals surface area contributed by atoms with Crippen LogP contribution in [-0.4, -0.2) is 38.5 Å². The van der Waals surface area contributed by atoms with Crippen LogP contribution in [0.15, 0.2) is 36.5 Å². The summed E-state index contributed by atoms with van der Waals surface area (Å²) in [5, 5.41) is 24.5. The maximum Gasteiger partial charge on any atom is 0.233 e. The fourth-order valence-corrected chi connectivity index (χ4v) is 4.36. The first kappa shape index (κ1) is 16.4. The summed E-state index contributed by atoms with van der Waals surface area (Å²) >= 11 is 0. The Bertz CT molecular complexity index is 977. The van der Waals surface area contributed by atoms with Gasteiger partial charge in [-0.1, -0.05) is 0 Å². The van der Waals surface area contributed by atoms with Crippen LogP contribution in [0.3, 0.4) is 0 Å². The third-order valence-corrected chi connectivity index (χ3v) is 5.71. The number of nitrogens with zero attached hydrogens (tertiary/aromatic N) is 3. The van der Waals surface area contributed by atoms with E-state index in [4.69, 9.17) is 4.74 Å². The van der Waals surface area contributed by atoms with E-state index < -0.39 is 0 Å². The van der Waals surface area contributed by atoms with Crippen molar-refractivity contribution in [2.24, 2.45) is 0 Å². The molecule has 3 aromatic rings. The van der Waals surface area contributed by atoms with Gasteiger partial charge >= 0.3 is 0 Å². The van der Waals surface area contributed by atoms with Crippen molar-refractivity contribution in [2.75, 3.05) is 0 Å². The molecule has 2 aromatic heterocycles. The largest absolute Gasteiger partial charge is 0.507 e. The number of hydrogen-bond donors (Lipinski definition) is 2. The molecule has 4 heterocycles. The van der Waals surface area contributed by atoms with Crippen LogP contribution in [0, 0.1) is 6.92 Å². The monoisotopic (exact) mass is 362 g/mol. The van der Waals surface area contributed by atoms with Crippen LogP contribution in [0.25, 0.3) is 22.0 Å². The lowest BCUT2D eigenvalue weighted by atomic mass is 10.0. The Morgan fingerprint density at radius 2 is 1.89 bits per heavy atom. The van der Waals surface area contributed by atoms with E-state index in [9.17, 15) is 5.11 Å². The summed E-state index contributed by atoms with van der Waals surface area (Å²) in [4.78, 5) is 4.27. The summed E-state index contributed by atoms with van der Waals surface area (Å²) in [6.45, 7) is 1.93. The first-order valence-electron chi connectivity index (χ1n) is 9.51. The van der Waals surface area contributed by atoms with Crippen molar-refractivity contribution in [3.63, 3.8) is 0 Å². The van der Waals surface area contributed by atoms with Crippen LogP contribution >= 0.6 is 0 Å². The van der Waals surface area contributed by atoms with Crippen molar-refractivity contribution in [2.45, 2.75) is 50.8 Å². The number of rotatable bonds is 3. The van der Waals surface area contributed by atoms with E-state index in [1.165, 1.54) is 12.8 Å². The van der Waals surface area contributed by atoms with Crippen LogP contribution in [0.1, 0.15) is 31.4 Å². The molecule has 0 saturated carbocycles. The van der Waals surface area contributed by atoms with Crippen molar-refractivity contribution in [3.8, 4) is 22.9 Å². The van der Waals surface area contributed by atoms with Gasteiger partial charge in [-0.3, -0.25) is 4.98 Å². The number of pyridine rings is 1. The molecule has 1 aromatic carbocycles. The van der Waals surface area contributed by atoms with Gasteiger partial charge in [-0.15, -0.1) is 10.2 Å².